The summed E-state index contributed by atoms with van der Waals surface area (Å²) in [7, 11) is 0. The van der Waals surface area contributed by atoms with Crippen LogP contribution in [0.4, 0.5) is 11.4 Å². The van der Waals surface area contributed by atoms with Crippen LogP contribution in [0, 0.1) is 0 Å². The molecule has 0 atom stereocenters. The summed E-state index contributed by atoms with van der Waals surface area (Å²) in [6, 6.07) is 14.7. The van der Waals surface area contributed by atoms with Crippen LogP contribution in [-0.2, 0) is 0 Å². The summed E-state index contributed by atoms with van der Waals surface area (Å²) in [4.78, 5) is 16.1. The number of nitrogens with zero attached hydrogens (tertiary/aromatic N) is 2. The lowest BCUT2D eigenvalue weighted by Crippen LogP contribution is -2.47. The topological polar surface area (TPSA) is 81.8 Å². The number of rotatable bonds is 6. The van der Waals surface area contributed by atoms with Crippen LogP contribution in [0.1, 0.15) is 10.4 Å². The number of nitrogens with one attached hydrogen (secondary N) is 1. The van der Waals surface area contributed by atoms with Crippen molar-refractivity contribution < 1.29 is 9.90 Å². The number of piperazine rings is 1. The fourth-order valence-electron chi connectivity index (χ4n) is 3.12. The lowest BCUT2D eigenvalue weighted by atomic mass is 10.1. The van der Waals surface area contributed by atoms with E-state index in [1.807, 2.05) is 30.3 Å². The third-order valence-electron chi connectivity index (χ3n) is 4.50. The molecule has 25 heavy (non-hydrogen) atoms. The van der Waals surface area contributed by atoms with Gasteiger partial charge in [0.05, 0.1) is 5.56 Å². The maximum Gasteiger partial charge on any atom is 0.250 e. The molecule has 0 spiro atoms. The van der Waals surface area contributed by atoms with E-state index in [9.17, 15) is 9.90 Å². The Bertz CT molecular complexity index is 727. The SMILES string of the molecule is NC(=O)c1ccccc1NCCN1CCN(c2cccc(O)c2)CC1. The molecule has 4 N–H and O–H groups in total. The summed E-state index contributed by atoms with van der Waals surface area (Å²) in [6.45, 7) is 5.46. The number of carbonyl (C=O) groups is 1. The second-order valence-corrected chi connectivity index (χ2v) is 6.19. The molecule has 6 nitrogen and oxygen atoms in total. The van der Waals surface area contributed by atoms with Crippen molar-refractivity contribution in [3.8, 4) is 5.75 Å². The molecule has 0 bridgehead atoms. The number of para-hydroxylation sites is 1. The lowest BCUT2D eigenvalue weighted by Gasteiger charge is -2.36. The molecule has 2 aromatic carbocycles. The normalized spacial score (nSPS) is 15.1. The van der Waals surface area contributed by atoms with Gasteiger partial charge in [-0.3, -0.25) is 9.69 Å². The molecule has 1 aliphatic rings. The van der Waals surface area contributed by atoms with E-state index in [0.29, 0.717) is 11.3 Å². The van der Waals surface area contributed by atoms with Crippen LogP contribution in [0.25, 0.3) is 0 Å². The predicted octanol–water partition coefficient (Wildman–Crippen LogP) is 1.73. The van der Waals surface area contributed by atoms with Gasteiger partial charge >= 0.3 is 0 Å². The summed E-state index contributed by atoms with van der Waals surface area (Å²) < 4.78 is 0. The van der Waals surface area contributed by atoms with Gasteiger partial charge in [0.25, 0.3) is 5.91 Å². The monoisotopic (exact) mass is 340 g/mol. The number of phenolic OH excluding ortho intramolecular Hbond substituents is 1. The maximum atomic E-state index is 11.4. The molecular weight excluding hydrogens is 316 g/mol. The van der Waals surface area contributed by atoms with Gasteiger partial charge in [0, 0.05) is 56.7 Å². The summed E-state index contributed by atoms with van der Waals surface area (Å²) in [5, 5.41) is 12.9. The van der Waals surface area contributed by atoms with Crippen molar-refractivity contribution >= 4 is 17.3 Å². The molecule has 6 heteroatoms. The van der Waals surface area contributed by atoms with Crippen LogP contribution < -0.4 is 16.0 Å². The lowest BCUT2D eigenvalue weighted by molar-refractivity contribution is 0.100. The molecule has 0 aliphatic carbocycles. The van der Waals surface area contributed by atoms with Gasteiger partial charge < -0.3 is 21.1 Å². The standard InChI is InChI=1S/C19H24N4O2/c20-19(25)17-6-1-2-7-18(17)21-8-9-22-10-12-23(13-11-22)15-4-3-5-16(24)14-15/h1-7,14,21,24H,8-13H2,(H2,20,25). The highest BCUT2D eigenvalue weighted by molar-refractivity contribution is 5.98. The fourth-order valence-corrected chi connectivity index (χ4v) is 3.12. The average molecular weight is 340 g/mol. The van der Waals surface area contributed by atoms with Crippen molar-refractivity contribution in [1.82, 2.24) is 4.90 Å². The van der Waals surface area contributed by atoms with Gasteiger partial charge in [0.2, 0.25) is 0 Å². The van der Waals surface area contributed by atoms with Crippen molar-refractivity contribution in [1.29, 1.82) is 0 Å². The molecule has 1 aliphatic heterocycles. The number of phenols is 1. The number of nitrogens with two attached hydrogens (primary N) is 1. The number of anilines is 2. The molecule has 1 fully saturated rings. The zero-order chi connectivity index (χ0) is 17.6. The second kappa shape index (κ2) is 7.90. The average Bonchev–Trinajstić information content (AvgIpc) is 2.62. The highest BCUT2D eigenvalue weighted by atomic mass is 16.3. The minimum absolute atomic E-state index is 0.303. The van der Waals surface area contributed by atoms with Crippen molar-refractivity contribution in [2.24, 2.45) is 5.73 Å². The number of primary amides is 1. The van der Waals surface area contributed by atoms with E-state index >= 15 is 0 Å². The molecule has 1 heterocycles. The first-order valence-corrected chi connectivity index (χ1v) is 8.52. The third-order valence-corrected chi connectivity index (χ3v) is 4.50. The van der Waals surface area contributed by atoms with Crippen LogP contribution in [0.5, 0.6) is 5.75 Å². The Morgan fingerprint density at radius 2 is 1.84 bits per heavy atom. The Hall–Kier alpha value is -2.73. The minimum Gasteiger partial charge on any atom is -0.508 e. The van der Waals surface area contributed by atoms with E-state index in [4.69, 9.17) is 5.73 Å². The van der Waals surface area contributed by atoms with E-state index < -0.39 is 5.91 Å². The maximum absolute atomic E-state index is 11.4. The van der Waals surface area contributed by atoms with Gasteiger partial charge in [-0.1, -0.05) is 18.2 Å². The Balaban J connectivity index is 1.46. The van der Waals surface area contributed by atoms with E-state index in [-0.39, 0.29) is 0 Å². The van der Waals surface area contributed by atoms with Crippen LogP contribution in [-0.4, -0.2) is 55.2 Å². The number of hydrogen-bond donors (Lipinski definition) is 3. The summed E-state index contributed by atoms with van der Waals surface area (Å²) in [5.74, 6) is -0.111. The summed E-state index contributed by atoms with van der Waals surface area (Å²) in [5.41, 5.74) is 7.77. The number of hydrogen-bond acceptors (Lipinski definition) is 5. The quantitative estimate of drug-likeness (QED) is 0.746. The van der Waals surface area contributed by atoms with Crippen molar-refractivity contribution in [2.75, 3.05) is 49.5 Å². The Labute approximate surface area is 147 Å². The minimum atomic E-state index is -0.414. The van der Waals surface area contributed by atoms with Gasteiger partial charge in [-0.25, -0.2) is 0 Å². The van der Waals surface area contributed by atoms with E-state index in [1.165, 1.54) is 0 Å². The molecule has 3 rings (SSSR count). The summed E-state index contributed by atoms with van der Waals surface area (Å²) >= 11 is 0. The largest absolute Gasteiger partial charge is 0.508 e. The number of aromatic hydroxyl groups is 1. The number of benzene rings is 2. The molecule has 2 aromatic rings. The molecule has 1 amide bonds. The van der Waals surface area contributed by atoms with Crippen molar-refractivity contribution in [2.45, 2.75) is 0 Å². The van der Waals surface area contributed by atoms with Crippen LogP contribution in [0.15, 0.2) is 48.5 Å². The molecule has 0 radical (unpaired) electrons. The van der Waals surface area contributed by atoms with Gasteiger partial charge in [-0.15, -0.1) is 0 Å². The van der Waals surface area contributed by atoms with Gasteiger partial charge in [-0.2, -0.15) is 0 Å². The molecule has 0 aromatic heterocycles. The molecule has 0 saturated carbocycles. The van der Waals surface area contributed by atoms with E-state index in [0.717, 1.165) is 50.6 Å². The first-order chi connectivity index (χ1) is 12.1. The number of amides is 1. The van der Waals surface area contributed by atoms with Gasteiger partial charge in [-0.05, 0) is 24.3 Å². The molecular formula is C19H24N4O2. The first-order valence-electron chi connectivity index (χ1n) is 8.52. The van der Waals surface area contributed by atoms with Gasteiger partial charge in [0.1, 0.15) is 5.75 Å². The van der Waals surface area contributed by atoms with Gasteiger partial charge in [0.15, 0.2) is 0 Å². The third kappa shape index (κ3) is 4.42. The highest BCUT2D eigenvalue weighted by Crippen LogP contribution is 2.21. The Kier molecular flexibility index (Phi) is 5.40. The van der Waals surface area contributed by atoms with Crippen LogP contribution in [0.3, 0.4) is 0 Å². The highest BCUT2D eigenvalue weighted by Gasteiger charge is 2.17. The Morgan fingerprint density at radius 1 is 1.08 bits per heavy atom. The zero-order valence-corrected chi connectivity index (χ0v) is 14.2. The zero-order valence-electron chi connectivity index (χ0n) is 14.2. The smallest absolute Gasteiger partial charge is 0.250 e. The molecule has 132 valence electrons. The predicted molar refractivity (Wildman–Crippen MR) is 100 cm³/mol. The number of carbonyl (C=O) groups excluding carboxylic acids is 1. The second-order valence-electron chi connectivity index (χ2n) is 6.19. The van der Waals surface area contributed by atoms with Crippen LogP contribution >= 0.6 is 0 Å². The van der Waals surface area contributed by atoms with Crippen molar-refractivity contribution in [3.05, 3.63) is 54.1 Å². The fraction of sp³-hybridized carbons (Fsp3) is 0.316. The molecule has 1 saturated heterocycles. The summed E-state index contributed by atoms with van der Waals surface area (Å²) in [6.07, 6.45) is 0. The first kappa shape index (κ1) is 17.1. The van der Waals surface area contributed by atoms with Crippen molar-refractivity contribution in [3.63, 3.8) is 0 Å². The molecule has 0 unspecified atom stereocenters. The Morgan fingerprint density at radius 3 is 2.56 bits per heavy atom. The van der Waals surface area contributed by atoms with E-state index in [1.54, 1.807) is 18.2 Å². The van der Waals surface area contributed by atoms with Crippen LogP contribution in [0.2, 0.25) is 0 Å². The van der Waals surface area contributed by atoms with E-state index in [2.05, 4.69) is 15.1 Å².